The predicted octanol–water partition coefficient (Wildman–Crippen LogP) is 2.26. The Hall–Kier alpha value is -0.650. The van der Waals surface area contributed by atoms with Gasteiger partial charge in [0, 0.05) is 37.1 Å². The quantitative estimate of drug-likeness (QED) is 0.920. The molecular weight excluding hydrogens is 256 g/mol. The molecule has 5 heteroatoms. The third-order valence-corrected chi connectivity index (χ3v) is 5.37. The van der Waals surface area contributed by atoms with Crippen LogP contribution in [0.5, 0.6) is 0 Å². The van der Waals surface area contributed by atoms with Gasteiger partial charge in [-0.2, -0.15) is 0 Å². The normalized spacial score (nSPS) is 22.8. The molecule has 1 aromatic rings. The Balaban J connectivity index is 2.19. The van der Waals surface area contributed by atoms with Gasteiger partial charge in [0.25, 0.3) is 0 Å². The largest absolute Gasteiger partial charge is 0.345 e. The average Bonchev–Trinajstić information content (AvgIpc) is 2.85. The molecule has 0 spiro atoms. The first kappa shape index (κ1) is 14.8. The van der Waals surface area contributed by atoms with Crippen molar-refractivity contribution in [1.82, 2.24) is 9.88 Å². The lowest BCUT2D eigenvalue weighted by molar-refractivity contribution is 0.234. The van der Waals surface area contributed by atoms with Crippen molar-refractivity contribution in [3.63, 3.8) is 0 Å². The zero-order valence-electron chi connectivity index (χ0n) is 12.5. The minimum atomic E-state index is 0.508. The summed E-state index contributed by atoms with van der Waals surface area (Å²) >= 11 is 1.78. The van der Waals surface area contributed by atoms with Crippen LogP contribution in [0.2, 0.25) is 0 Å². The fourth-order valence-electron chi connectivity index (χ4n) is 2.43. The highest BCUT2D eigenvalue weighted by Crippen LogP contribution is 2.32. The van der Waals surface area contributed by atoms with E-state index in [2.05, 4.69) is 37.6 Å². The van der Waals surface area contributed by atoms with Crippen molar-refractivity contribution < 1.29 is 0 Å². The Labute approximate surface area is 120 Å². The predicted molar refractivity (Wildman–Crippen MR) is 83.0 cm³/mol. The minimum absolute atomic E-state index is 0.508. The Morgan fingerprint density at radius 3 is 2.79 bits per heavy atom. The third-order valence-electron chi connectivity index (χ3n) is 4.21. The molecule has 2 unspecified atom stereocenters. The fourth-order valence-corrected chi connectivity index (χ4v) is 3.53. The average molecular weight is 282 g/mol. The number of nitrogens with zero attached hydrogens (tertiary/aromatic N) is 3. The number of nitrogens with two attached hydrogens (primary N) is 1. The van der Waals surface area contributed by atoms with Crippen molar-refractivity contribution in [3.05, 3.63) is 10.6 Å². The summed E-state index contributed by atoms with van der Waals surface area (Å²) in [5, 5.41) is 1.16. The standard InChI is InChI=1S/C14H26N4S/c1-5-10(2)13-12(8-15)19-14(16-13)18-7-6-17(4)11(3)9-18/h10-11H,5-9,15H2,1-4H3. The van der Waals surface area contributed by atoms with E-state index in [-0.39, 0.29) is 0 Å². The molecule has 0 aromatic carbocycles. The number of rotatable bonds is 4. The minimum Gasteiger partial charge on any atom is -0.345 e. The van der Waals surface area contributed by atoms with Crippen molar-refractivity contribution in [2.45, 2.75) is 45.7 Å². The SMILES string of the molecule is CCC(C)c1nc(N2CCN(C)C(C)C2)sc1CN. The van der Waals surface area contributed by atoms with Crippen molar-refractivity contribution in [3.8, 4) is 0 Å². The second kappa shape index (κ2) is 6.20. The van der Waals surface area contributed by atoms with Crippen LogP contribution < -0.4 is 10.6 Å². The molecule has 1 saturated heterocycles. The molecule has 0 bridgehead atoms. The lowest BCUT2D eigenvalue weighted by Gasteiger charge is -2.37. The van der Waals surface area contributed by atoms with Gasteiger partial charge in [-0.25, -0.2) is 4.98 Å². The molecule has 1 aliphatic heterocycles. The topological polar surface area (TPSA) is 45.4 Å². The summed E-state index contributed by atoms with van der Waals surface area (Å²) in [6, 6.07) is 0.589. The van der Waals surface area contributed by atoms with E-state index < -0.39 is 0 Å². The van der Waals surface area contributed by atoms with E-state index in [1.807, 2.05) is 0 Å². The van der Waals surface area contributed by atoms with Crippen molar-refractivity contribution in [2.75, 3.05) is 31.6 Å². The molecule has 0 radical (unpaired) electrons. The van der Waals surface area contributed by atoms with Gasteiger partial charge in [0.1, 0.15) is 0 Å². The first-order valence-electron chi connectivity index (χ1n) is 7.21. The van der Waals surface area contributed by atoms with Crippen LogP contribution in [-0.4, -0.2) is 42.6 Å². The van der Waals surface area contributed by atoms with Crippen LogP contribution in [0.25, 0.3) is 0 Å². The number of likely N-dealkylation sites (N-methyl/N-ethyl adjacent to an activating group) is 1. The Bertz CT molecular complexity index is 418. The Morgan fingerprint density at radius 2 is 2.21 bits per heavy atom. The van der Waals surface area contributed by atoms with E-state index in [9.17, 15) is 0 Å². The summed E-state index contributed by atoms with van der Waals surface area (Å²) in [7, 11) is 2.19. The van der Waals surface area contributed by atoms with E-state index >= 15 is 0 Å². The van der Waals surface area contributed by atoms with Gasteiger partial charge in [0.15, 0.2) is 5.13 Å². The summed E-state index contributed by atoms with van der Waals surface area (Å²) in [6.07, 6.45) is 1.12. The monoisotopic (exact) mass is 282 g/mol. The van der Waals surface area contributed by atoms with E-state index in [4.69, 9.17) is 10.7 Å². The van der Waals surface area contributed by atoms with Crippen LogP contribution in [0, 0.1) is 0 Å². The van der Waals surface area contributed by atoms with Crippen LogP contribution in [0.4, 0.5) is 5.13 Å². The molecule has 2 N–H and O–H groups in total. The van der Waals surface area contributed by atoms with E-state index in [1.165, 1.54) is 10.6 Å². The molecule has 4 nitrogen and oxygen atoms in total. The molecule has 19 heavy (non-hydrogen) atoms. The second-order valence-corrected chi connectivity index (χ2v) is 6.66. The summed E-state index contributed by atoms with van der Waals surface area (Å²) in [5.41, 5.74) is 7.10. The van der Waals surface area contributed by atoms with Gasteiger partial charge in [-0.05, 0) is 26.3 Å². The van der Waals surface area contributed by atoms with Gasteiger partial charge in [0.05, 0.1) is 5.69 Å². The van der Waals surface area contributed by atoms with Gasteiger partial charge >= 0.3 is 0 Å². The van der Waals surface area contributed by atoms with Gasteiger partial charge in [0.2, 0.25) is 0 Å². The lowest BCUT2D eigenvalue weighted by Crippen LogP contribution is -2.50. The van der Waals surface area contributed by atoms with Gasteiger partial charge in [-0.15, -0.1) is 11.3 Å². The number of hydrogen-bond acceptors (Lipinski definition) is 5. The molecule has 1 fully saturated rings. The highest BCUT2D eigenvalue weighted by molar-refractivity contribution is 7.15. The van der Waals surface area contributed by atoms with E-state index in [1.54, 1.807) is 11.3 Å². The molecule has 2 atom stereocenters. The van der Waals surface area contributed by atoms with Crippen LogP contribution in [0.15, 0.2) is 0 Å². The number of piperazine rings is 1. The maximum atomic E-state index is 5.88. The van der Waals surface area contributed by atoms with Crippen LogP contribution >= 0.6 is 11.3 Å². The van der Waals surface area contributed by atoms with Gasteiger partial charge in [-0.3, -0.25) is 0 Å². The Kier molecular flexibility index (Phi) is 4.81. The molecule has 2 rings (SSSR count). The summed E-state index contributed by atoms with van der Waals surface area (Å²) < 4.78 is 0. The maximum Gasteiger partial charge on any atom is 0.185 e. The molecule has 2 heterocycles. The van der Waals surface area contributed by atoms with Crippen LogP contribution in [0.3, 0.4) is 0 Å². The molecular formula is C14H26N4S. The number of aromatic nitrogens is 1. The molecule has 0 aliphatic carbocycles. The molecule has 108 valence electrons. The zero-order chi connectivity index (χ0) is 14.0. The summed E-state index contributed by atoms with van der Waals surface area (Å²) in [5.74, 6) is 0.508. The fraction of sp³-hybridized carbons (Fsp3) is 0.786. The van der Waals surface area contributed by atoms with Crippen LogP contribution in [0.1, 0.15) is 43.7 Å². The first-order chi connectivity index (χ1) is 9.06. The van der Waals surface area contributed by atoms with E-state index in [0.29, 0.717) is 18.5 Å². The zero-order valence-corrected chi connectivity index (χ0v) is 13.3. The van der Waals surface area contributed by atoms with E-state index in [0.717, 1.165) is 31.2 Å². The van der Waals surface area contributed by atoms with Gasteiger partial charge in [-0.1, -0.05) is 13.8 Å². The summed E-state index contributed by atoms with van der Waals surface area (Å²) in [6.45, 7) is 10.6. The lowest BCUT2D eigenvalue weighted by atomic mass is 10.0. The van der Waals surface area contributed by atoms with Crippen molar-refractivity contribution in [1.29, 1.82) is 0 Å². The van der Waals surface area contributed by atoms with Gasteiger partial charge < -0.3 is 15.5 Å². The van der Waals surface area contributed by atoms with Crippen molar-refractivity contribution >= 4 is 16.5 Å². The number of thiazole rings is 1. The number of hydrogen-bond donors (Lipinski definition) is 1. The highest BCUT2D eigenvalue weighted by Gasteiger charge is 2.24. The molecule has 0 saturated carbocycles. The van der Waals surface area contributed by atoms with Crippen molar-refractivity contribution in [2.24, 2.45) is 5.73 Å². The summed E-state index contributed by atoms with van der Waals surface area (Å²) in [4.78, 5) is 11.0. The van der Waals surface area contributed by atoms with Crippen LogP contribution in [-0.2, 0) is 6.54 Å². The smallest absolute Gasteiger partial charge is 0.185 e. The second-order valence-electron chi connectivity index (χ2n) is 5.59. The number of anilines is 1. The first-order valence-corrected chi connectivity index (χ1v) is 8.03. The Morgan fingerprint density at radius 1 is 1.47 bits per heavy atom. The third kappa shape index (κ3) is 3.09. The molecule has 0 amide bonds. The maximum absolute atomic E-state index is 5.88. The molecule has 1 aromatic heterocycles. The molecule has 1 aliphatic rings. The highest BCUT2D eigenvalue weighted by atomic mass is 32.1.